The quantitative estimate of drug-likeness (QED) is 0.706. The van der Waals surface area contributed by atoms with Crippen molar-refractivity contribution in [1.29, 1.82) is 0 Å². The summed E-state index contributed by atoms with van der Waals surface area (Å²) < 4.78 is 5.40. The van der Waals surface area contributed by atoms with Crippen LogP contribution in [0, 0.1) is 5.41 Å². The van der Waals surface area contributed by atoms with Crippen LogP contribution in [0.3, 0.4) is 0 Å². The maximum absolute atomic E-state index is 12.1. The summed E-state index contributed by atoms with van der Waals surface area (Å²) in [5.74, 6) is -0.224. The van der Waals surface area contributed by atoms with Gasteiger partial charge in [0.2, 0.25) is 0 Å². The maximum atomic E-state index is 12.1. The van der Waals surface area contributed by atoms with Gasteiger partial charge in [-0.1, -0.05) is 13.3 Å². The zero-order valence-corrected chi connectivity index (χ0v) is 10.1. The molecule has 3 heterocycles. The van der Waals surface area contributed by atoms with Crippen molar-refractivity contribution in [3.05, 3.63) is 0 Å². The molecule has 1 spiro atoms. The smallest absolute Gasteiger partial charge is 0.252 e. The lowest BCUT2D eigenvalue weighted by atomic mass is 9.66. The first-order chi connectivity index (χ1) is 8.10. The van der Waals surface area contributed by atoms with Crippen molar-refractivity contribution in [2.24, 2.45) is 5.41 Å². The zero-order chi connectivity index (χ0) is 12.3. The molecule has 1 amide bonds. The molecule has 0 aromatic carbocycles. The number of hydrogen-bond donors (Lipinski definition) is 2. The molecule has 0 bridgehead atoms. The number of ether oxygens (including phenoxy) is 1. The molecule has 0 aromatic heterocycles. The van der Waals surface area contributed by atoms with Gasteiger partial charge in [0.05, 0.1) is 17.6 Å². The Kier molecular flexibility index (Phi) is 2.31. The molecule has 3 fully saturated rings. The molecule has 3 aliphatic heterocycles. The molecule has 0 radical (unpaired) electrons. The Labute approximate surface area is 100 Å². The standard InChI is InChI=1S/C12H19NO4/c1-2-4-12-8(14)9(15)13-6-3-5-11(12,13)7-17-10(12)16/h8,10,14,16H,2-7H2,1H3/t8-,10?,11+,12-/m1/s1. The van der Waals surface area contributed by atoms with E-state index in [0.717, 1.165) is 19.3 Å². The number of nitrogens with zero attached hydrogens (tertiary/aromatic N) is 1. The minimum absolute atomic E-state index is 0.224. The lowest BCUT2D eigenvalue weighted by Gasteiger charge is -2.40. The van der Waals surface area contributed by atoms with Crippen molar-refractivity contribution in [2.75, 3.05) is 13.2 Å². The van der Waals surface area contributed by atoms with Crippen LogP contribution in [0.5, 0.6) is 0 Å². The minimum atomic E-state index is -1.11. The second kappa shape index (κ2) is 3.43. The Balaban J connectivity index is 2.13. The molecule has 3 rings (SSSR count). The van der Waals surface area contributed by atoms with E-state index in [1.165, 1.54) is 0 Å². The molecule has 96 valence electrons. The first-order valence-corrected chi connectivity index (χ1v) is 6.39. The number of rotatable bonds is 2. The first kappa shape index (κ1) is 11.4. The molecule has 0 saturated carbocycles. The molecule has 5 nitrogen and oxygen atoms in total. The van der Waals surface area contributed by atoms with Gasteiger partial charge >= 0.3 is 0 Å². The summed E-state index contributed by atoms with van der Waals surface area (Å²) in [6.45, 7) is 3.04. The van der Waals surface area contributed by atoms with Gasteiger partial charge in [-0.25, -0.2) is 0 Å². The van der Waals surface area contributed by atoms with Gasteiger partial charge in [0.15, 0.2) is 6.29 Å². The number of aliphatic hydroxyl groups excluding tert-OH is 2. The maximum Gasteiger partial charge on any atom is 0.252 e. The van der Waals surface area contributed by atoms with Crippen molar-refractivity contribution in [3.8, 4) is 0 Å². The van der Waals surface area contributed by atoms with Gasteiger partial charge < -0.3 is 19.8 Å². The van der Waals surface area contributed by atoms with Crippen LogP contribution >= 0.6 is 0 Å². The number of carbonyl (C=O) groups excluding carboxylic acids is 1. The van der Waals surface area contributed by atoms with Crippen LogP contribution in [-0.4, -0.2) is 52.1 Å². The van der Waals surface area contributed by atoms with Crippen molar-refractivity contribution in [2.45, 2.75) is 50.5 Å². The zero-order valence-electron chi connectivity index (χ0n) is 10.1. The van der Waals surface area contributed by atoms with E-state index in [2.05, 4.69) is 0 Å². The molecule has 0 aromatic rings. The van der Waals surface area contributed by atoms with E-state index >= 15 is 0 Å². The number of amides is 1. The van der Waals surface area contributed by atoms with Crippen LogP contribution in [-0.2, 0) is 9.53 Å². The van der Waals surface area contributed by atoms with Crippen molar-refractivity contribution in [3.63, 3.8) is 0 Å². The summed E-state index contributed by atoms with van der Waals surface area (Å²) in [5.41, 5.74) is -1.27. The van der Waals surface area contributed by atoms with E-state index in [0.29, 0.717) is 19.6 Å². The van der Waals surface area contributed by atoms with Crippen LogP contribution in [0.15, 0.2) is 0 Å². The Bertz CT molecular complexity index is 360. The summed E-state index contributed by atoms with van der Waals surface area (Å²) in [6.07, 6.45) is 1.06. The highest BCUT2D eigenvalue weighted by Crippen LogP contribution is 2.60. The molecule has 4 atom stereocenters. The van der Waals surface area contributed by atoms with Crippen LogP contribution in [0.2, 0.25) is 0 Å². The molecular weight excluding hydrogens is 222 g/mol. The fraction of sp³-hybridized carbons (Fsp3) is 0.917. The SMILES string of the molecule is CCC[C@@]12C(O)OC[C@@]13CCCN3C(=O)[C@H]2O. The molecule has 2 N–H and O–H groups in total. The summed E-state index contributed by atoms with van der Waals surface area (Å²) >= 11 is 0. The lowest BCUT2D eigenvalue weighted by molar-refractivity contribution is -0.164. The molecule has 0 aliphatic carbocycles. The normalized spacial score (nSPS) is 48.6. The van der Waals surface area contributed by atoms with E-state index in [9.17, 15) is 15.0 Å². The summed E-state index contributed by atoms with van der Waals surface area (Å²) in [7, 11) is 0. The van der Waals surface area contributed by atoms with Gasteiger partial charge in [-0.15, -0.1) is 0 Å². The molecular formula is C12H19NO4. The van der Waals surface area contributed by atoms with E-state index in [1.807, 2.05) is 6.92 Å². The third-order valence-corrected chi connectivity index (χ3v) is 4.93. The van der Waals surface area contributed by atoms with Gasteiger partial charge in [0.1, 0.15) is 6.10 Å². The van der Waals surface area contributed by atoms with Gasteiger partial charge in [0.25, 0.3) is 5.91 Å². The first-order valence-electron chi connectivity index (χ1n) is 6.39. The highest BCUT2D eigenvalue weighted by Gasteiger charge is 2.75. The topological polar surface area (TPSA) is 70.0 Å². The highest BCUT2D eigenvalue weighted by atomic mass is 16.6. The van der Waals surface area contributed by atoms with Crippen molar-refractivity contribution >= 4 is 5.91 Å². The number of aliphatic hydroxyl groups is 2. The second-order valence-corrected chi connectivity index (χ2v) is 5.48. The van der Waals surface area contributed by atoms with Gasteiger partial charge in [0, 0.05) is 6.54 Å². The van der Waals surface area contributed by atoms with E-state index in [-0.39, 0.29) is 5.91 Å². The van der Waals surface area contributed by atoms with Crippen molar-refractivity contribution in [1.82, 2.24) is 4.90 Å². The second-order valence-electron chi connectivity index (χ2n) is 5.48. The molecule has 1 unspecified atom stereocenters. The number of hydrogen-bond acceptors (Lipinski definition) is 4. The minimum Gasteiger partial charge on any atom is -0.382 e. The van der Waals surface area contributed by atoms with Gasteiger partial charge in [-0.05, 0) is 19.3 Å². The summed E-state index contributed by atoms with van der Waals surface area (Å²) in [5, 5.41) is 20.4. The largest absolute Gasteiger partial charge is 0.382 e. The fourth-order valence-electron chi connectivity index (χ4n) is 4.23. The molecule has 17 heavy (non-hydrogen) atoms. The lowest BCUT2D eigenvalue weighted by Crippen LogP contribution is -2.54. The molecule has 3 aliphatic rings. The van der Waals surface area contributed by atoms with Crippen LogP contribution in [0.25, 0.3) is 0 Å². The van der Waals surface area contributed by atoms with Gasteiger partial charge in [-0.2, -0.15) is 0 Å². The van der Waals surface area contributed by atoms with Crippen molar-refractivity contribution < 1.29 is 19.7 Å². The highest BCUT2D eigenvalue weighted by molar-refractivity contribution is 5.87. The Morgan fingerprint density at radius 2 is 2.29 bits per heavy atom. The third kappa shape index (κ3) is 1.04. The van der Waals surface area contributed by atoms with E-state index in [1.54, 1.807) is 4.90 Å². The average Bonchev–Trinajstić information content (AvgIpc) is 2.90. The predicted octanol–water partition coefficient (Wildman–Crippen LogP) is -0.143. The molecule has 5 heteroatoms. The van der Waals surface area contributed by atoms with Crippen LogP contribution in [0.1, 0.15) is 32.6 Å². The Morgan fingerprint density at radius 3 is 3.00 bits per heavy atom. The predicted molar refractivity (Wildman–Crippen MR) is 59.0 cm³/mol. The summed E-state index contributed by atoms with van der Waals surface area (Å²) in [4.78, 5) is 13.9. The van der Waals surface area contributed by atoms with Gasteiger partial charge in [-0.3, -0.25) is 4.79 Å². The van der Waals surface area contributed by atoms with Crippen LogP contribution < -0.4 is 0 Å². The average molecular weight is 241 g/mol. The number of carbonyl (C=O) groups is 1. The van der Waals surface area contributed by atoms with Crippen LogP contribution in [0.4, 0.5) is 0 Å². The Morgan fingerprint density at radius 1 is 1.53 bits per heavy atom. The Hall–Kier alpha value is -0.650. The van der Waals surface area contributed by atoms with E-state index < -0.39 is 23.3 Å². The fourth-order valence-corrected chi connectivity index (χ4v) is 4.23. The van der Waals surface area contributed by atoms with E-state index in [4.69, 9.17) is 4.74 Å². The molecule has 3 saturated heterocycles. The third-order valence-electron chi connectivity index (χ3n) is 4.93. The summed E-state index contributed by atoms with van der Waals surface area (Å²) in [6, 6.07) is 0. The monoisotopic (exact) mass is 241 g/mol.